The predicted octanol–water partition coefficient (Wildman–Crippen LogP) is 4.29. The second kappa shape index (κ2) is 6.58. The predicted molar refractivity (Wildman–Crippen MR) is 75.1 cm³/mol. The van der Waals surface area contributed by atoms with E-state index in [0.29, 0.717) is 0 Å². The Hall–Kier alpha value is -0.300. The molecule has 0 spiro atoms. The molecule has 2 aliphatic carbocycles. The minimum atomic E-state index is 0.764. The van der Waals surface area contributed by atoms with Crippen molar-refractivity contribution >= 4 is 0 Å². The third-order valence-electron chi connectivity index (χ3n) is 4.70. The highest BCUT2D eigenvalue weighted by Gasteiger charge is 2.22. The summed E-state index contributed by atoms with van der Waals surface area (Å²) in [5.74, 6) is 1.86. The molecular formula is C16H29N. The lowest BCUT2D eigenvalue weighted by Crippen LogP contribution is -2.38. The van der Waals surface area contributed by atoms with Crippen LogP contribution in [0, 0.1) is 11.8 Å². The Morgan fingerprint density at radius 3 is 2.53 bits per heavy atom. The van der Waals surface area contributed by atoms with Crippen LogP contribution in [0.5, 0.6) is 0 Å². The molecule has 17 heavy (non-hydrogen) atoms. The van der Waals surface area contributed by atoms with Crippen molar-refractivity contribution in [3.05, 3.63) is 12.2 Å². The molecule has 0 aromatic rings. The van der Waals surface area contributed by atoms with E-state index in [4.69, 9.17) is 0 Å². The van der Waals surface area contributed by atoms with Gasteiger partial charge in [0.25, 0.3) is 0 Å². The van der Waals surface area contributed by atoms with E-state index in [-0.39, 0.29) is 0 Å². The molecule has 1 fully saturated rings. The minimum Gasteiger partial charge on any atom is -0.311 e. The monoisotopic (exact) mass is 235 g/mol. The summed E-state index contributed by atoms with van der Waals surface area (Å²) in [6.07, 6.45) is 15.7. The molecule has 1 saturated carbocycles. The summed E-state index contributed by atoms with van der Waals surface area (Å²) in [4.78, 5) is 0. The van der Waals surface area contributed by atoms with Crippen molar-refractivity contribution in [3.8, 4) is 0 Å². The largest absolute Gasteiger partial charge is 0.311 e. The standard InChI is InChI=1S/C16H29N/c1-13(2)14-7-6-10-16(12-11-14)17-15-8-4-3-5-9-15/h3-4,13-17H,5-12H2,1-2H3. The number of nitrogens with one attached hydrogen (secondary N) is 1. The second-order valence-electron chi connectivity index (χ2n) is 6.36. The van der Waals surface area contributed by atoms with E-state index in [0.717, 1.165) is 23.9 Å². The summed E-state index contributed by atoms with van der Waals surface area (Å²) in [5.41, 5.74) is 0. The Bertz CT molecular complexity index is 244. The Kier molecular flexibility index (Phi) is 5.09. The highest BCUT2D eigenvalue weighted by atomic mass is 14.9. The Morgan fingerprint density at radius 2 is 1.82 bits per heavy atom. The topological polar surface area (TPSA) is 12.0 Å². The van der Waals surface area contributed by atoms with Gasteiger partial charge in [-0.25, -0.2) is 0 Å². The van der Waals surface area contributed by atoms with Crippen LogP contribution in [0.25, 0.3) is 0 Å². The molecule has 0 heterocycles. The molecular weight excluding hydrogens is 206 g/mol. The first kappa shape index (κ1) is 13.1. The first-order valence-electron chi connectivity index (χ1n) is 7.66. The molecule has 0 bridgehead atoms. The highest BCUT2D eigenvalue weighted by molar-refractivity contribution is 4.94. The minimum absolute atomic E-state index is 0.764. The fraction of sp³-hybridized carbons (Fsp3) is 0.875. The molecule has 0 aromatic carbocycles. The van der Waals surface area contributed by atoms with Gasteiger partial charge in [0.2, 0.25) is 0 Å². The van der Waals surface area contributed by atoms with Crippen LogP contribution >= 0.6 is 0 Å². The lowest BCUT2D eigenvalue weighted by atomic mass is 9.89. The molecule has 0 saturated heterocycles. The summed E-state index contributed by atoms with van der Waals surface area (Å²) in [6, 6.07) is 1.57. The van der Waals surface area contributed by atoms with Crippen LogP contribution < -0.4 is 5.32 Å². The summed E-state index contributed by atoms with van der Waals surface area (Å²) in [5, 5.41) is 3.91. The van der Waals surface area contributed by atoms with Crippen LogP contribution in [-0.4, -0.2) is 12.1 Å². The van der Waals surface area contributed by atoms with Crippen LogP contribution in [0.4, 0.5) is 0 Å². The van der Waals surface area contributed by atoms with Crippen LogP contribution in [-0.2, 0) is 0 Å². The van der Waals surface area contributed by atoms with Gasteiger partial charge in [-0.15, -0.1) is 0 Å². The van der Waals surface area contributed by atoms with Crippen molar-refractivity contribution in [2.24, 2.45) is 11.8 Å². The van der Waals surface area contributed by atoms with Gasteiger partial charge < -0.3 is 5.32 Å². The van der Waals surface area contributed by atoms with Crippen LogP contribution in [0.15, 0.2) is 12.2 Å². The average Bonchev–Trinajstić information content (AvgIpc) is 2.56. The zero-order chi connectivity index (χ0) is 12.1. The highest BCUT2D eigenvalue weighted by Crippen LogP contribution is 2.29. The van der Waals surface area contributed by atoms with Crippen molar-refractivity contribution in [2.45, 2.75) is 77.3 Å². The van der Waals surface area contributed by atoms with Gasteiger partial charge in [0.15, 0.2) is 0 Å². The maximum absolute atomic E-state index is 3.91. The van der Waals surface area contributed by atoms with Gasteiger partial charge in [0.1, 0.15) is 0 Å². The molecule has 1 nitrogen and oxygen atoms in total. The smallest absolute Gasteiger partial charge is 0.0107 e. The average molecular weight is 235 g/mol. The van der Waals surface area contributed by atoms with E-state index in [1.165, 1.54) is 51.4 Å². The number of rotatable bonds is 3. The second-order valence-corrected chi connectivity index (χ2v) is 6.36. The lowest BCUT2D eigenvalue weighted by molar-refractivity contribution is 0.330. The first-order chi connectivity index (χ1) is 8.25. The summed E-state index contributed by atoms with van der Waals surface area (Å²) in [7, 11) is 0. The number of allylic oxidation sites excluding steroid dienone is 1. The van der Waals surface area contributed by atoms with Crippen molar-refractivity contribution in [1.82, 2.24) is 5.32 Å². The van der Waals surface area contributed by atoms with Crippen molar-refractivity contribution in [3.63, 3.8) is 0 Å². The molecule has 3 atom stereocenters. The number of hydrogen-bond acceptors (Lipinski definition) is 1. The lowest BCUT2D eigenvalue weighted by Gasteiger charge is -2.26. The van der Waals surface area contributed by atoms with Crippen molar-refractivity contribution in [1.29, 1.82) is 0 Å². The molecule has 3 unspecified atom stereocenters. The molecule has 0 radical (unpaired) electrons. The Balaban J connectivity index is 1.76. The van der Waals surface area contributed by atoms with Gasteiger partial charge in [-0.05, 0) is 50.4 Å². The van der Waals surface area contributed by atoms with Crippen LogP contribution in [0.1, 0.15) is 65.2 Å². The van der Waals surface area contributed by atoms with E-state index in [1.807, 2.05) is 0 Å². The molecule has 98 valence electrons. The van der Waals surface area contributed by atoms with Gasteiger partial charge in [0, 0.05) is 12.1 Å². The first-order valence-corrected chi connectivity index (χ1v) is 7.66. The van der Waals surface area contributed by atoms with E-state index >= 15 is 0 Å². The SMILES string of the molecule is CC(C)C1CCCC(NC2CC=CCC2)CC1. The van der Waals surface area contributed by atoms with E-state index in [9.17, 15) is 0 Å². The fourth-order valence-corrected chi connectivity index (χ4v) is 3.44. The van der Waals surface area contributed by atoms with Gasteiger partial charge in [-0.2, -0.15) is 0 Å². The molecule has 0 aromatic heterocycles. The maximum atomic E-state index is 3.91. The van der Waals surface area contributed by atoms with Crippen molar-refractivity contribution < 1.29 is 0 Å². The molecule has 0 aliphatic heterocycles. The summed E-state index contributed by atoms with van der Waals surface area (Å²) >= 11 is 0. The molecule has 2 rings (SSSR count). The van der Waals surface area contributed by atoms with Crippen LogP contribution in [0.2, 0.25) is 0 Å². The summed E-state index contributed by atoms with van der Waals surface area (Å²) in [6.45, 7) is 4.79. The Labute approximate surface area is 107 Å². The molecule has 1 heteroatoms. The van der Waals surface area contributed by atoms with Crippen LogP contribution in [0.3, 0.4) is 0 Å². The quantitative estimate of drug-likeness (QED) is 0.568. The van der Waals surface area contributed by atoms with Crippen molar-refractivity contribution in [2.75, 3.05) is 0 Å². The van der Waals surface area contributed by atoms with E-state index in [1.54, 1.807) is 0 Å². The summed E-state index contributed by atoms with van der Waals surface area (Å²) < 4.78 is 0. The van der Waals surface area contributed by atoms with Gasteiger partial charge >= 0.3 is 0 Å². The number of hydrogen-bond donors (Lipinski definition) is 1. The molecule has 2 aliphatic rings. The zero-order valence-corrected chi connectivity index (χ0v) is 11.6. The third-order valence-corrected chi connectivity index (χ3v) is 4.70. The van der Waals surface area contributed by atoms with Gasteiger partial charge in [0.05, 0.1) is 0 Å². The Morgan fingerprint density at radius 1 is 0.941 bits per heavy atom. The molecule has 1 N–H and O–H groups in total. The third kappa shape index (κ3) is 4.13. The zero-order valence-electron chi connectivity index (χ0n) is 11.6. The van der Waals surface area contributed by atoms with Gasteiger partial charge in [-0.3, -0.25) is 0 Å². The maximum Gasteiger partial charge on any atom is 0.0107 e. The van der Waals surface area contributed by atoms with E-state index in [2.05, 4.69) is 31.3 Å². The molecule has 0 amide bonds. The fourth-order valence-electron chi connectivity index (χ4n) is 3.44. The van der Waals surface area contributed by atoms with E-state index < -0.39 is 0 Å². The van der Waals surface area contributed by atoms with Gasteiger partial charge in [-0.1, -0.05) is 38.8 Å². The normalized spacial score (nSPS) is 34.9.